The summed E-state index contributed by atoms with van der Waals surface area (Å²) in [6, 6.07) is 12.9. The van der Waals surface area contributed by atoms with Crippen LogP contribution in [0, 0.1) is 13.8 Å². The van der Waals surface area contributed by atoms with E-state index < -0.39 is 0 Å². The lowest BCUT2D eigenvalue weighted by Crippen LogP contribution is -2.09. The molecule has 6 nitrogen and oxygen atoms in total. The molecule has 0 fully saturated rings. The number of rotatable bonds is 5. The molecule has 0 spiro atoms. The lowest BCUT2D eigenvalue weighted by Gasteiger charge is -2.10. The molecule has 1 amide bonds. The summed E-state index contributed by atoms with van der Waals surface area (Å²) in [5, 5.41) is 2.82. The summed E-state index contributed by atoms with van der Waals surface area (Å²) in [6.45, 7) is 4.08. The number of nitrogens with one attached hydrogen (secondary N) is 1. The van der Waals surface area contributed by atoms with Gasteiger partial charge in [-0.2, -0.15) is 0 Å². The number of aryl methyl sites for hydroxylation is 2. The summed E-state index contributed by atoms with van der Waals surface area (Å²) in [7, 11) is 1.55. The Morgan fingerprint density at radius 3 is 2.72 bits per heavy atom. The van der Waals surface area contributed by atoms with Gasteiger partial charge in [0.1, 0.15) is 17.0 Å². The molecule has 0 aliphatic heterocycles. The molecule has 2 heterocycles. The maximum atomic E-state index is 12.3. The molecule has 0 saturated carbocycles. The van der Waals surface area contributed by atoms with E-state index >= 15 is 0 Å². The number of methoxy groups -OCH3 is 1. The van der Waals surface area contributed by atoms with Crippen LogP contribution in [0.3, 0.4) is 0 Å². The third-order valence-corrected chi connectivity index (χ3v) is 4.65. The van der Waals surface area contributed by atoms with E-state index in [0.29, 0.717) is 23.1 Å². The molecule has 0 aliphatic rings. The number of aromatic nitrogens is 1. The highest BCUT2D eigenvalue weighted by Gasteiger charge is 2.13. The molecule has 0 saturated heterocycles. The number of hydrogen-bond acceptors (Lipinski definition) is 5. The van der Waals surface area contributed by atoms with Gasteiger partial charge in [0, 0.05) is 11.6 Å². The molecule has 0 atom stereocenters. The highest BCUT2D eigenvalue weighted by Crippen LogP contribution is 2.32. The molecule has 0 unspecified atom stereocenters. The molecule has 0 aliphatic carbocycles. The average molecular weight is 388 g/mol. The lowest BCUT2D eigenvalue weighted by atomic mass is 10.1. The molecule has 146 valence electrons. The minimum Gasteiger partial charge on any atom is -0.495 e. The smallest absolute Gasteiger partial charge is 0.248 e. The van der Waals surface area contributed by atoms with Crippen molar-refractivity contribution in [1.29, 1.82) is 0 Å². The van der Waals surface area contributed by atoms with Crippen LogP contribution in [0.25, 0.3) is 28.6 Å². The molecule has 4 aromatic rings. The van der Waals surface area contributed by atoms with Crippen LogP contribution in [0.15, 0.2) is 63.6 Å². The van der Waals surface area contributed by atoms with Crippen LogP contribution >= 0.6 is 0 Å². The van der Waals surface area contributed by atoms with Crippen molar-refractivity contribution in [2.45, 2.75) is 13.8 Å². The monoisotopic (exact) mass is 388 g/mol. The number of carbonyl (C=O) groups excluding carboxylic acids is 1. The van der Waals surface area contributed by atoms with Crippen molar-refractivity contribution < 1.29 is 18.4 Å². The van der Waals surface area contributed by atoms with Crippen molar-refractivity contribution in [3.63, 3.8) is 0 Å². The highest BCUT2D eigenvalue weighted by molar-refractivity contribution is 6.03. The number of ether oxygens (including phenoxy) is 1. The molecule has 0 radical (unpaired) electrons. The second-order valence-electron chi connectivity index (χ2n) is 6.68. The predicted octanol–water partition coefficient (Wildman–Crippen LogP) is 5.37. The third-order valence-electron chi connectivity index (χ3n) is 4.65. The zero-order valence-corrected chi connectivity index (χ0v) is 16.4. The van der Waals surface area contributed by atoms with Gasteiger partial charge in [-0.3, -0.25) is 4.79 Å². The van der Waals surface area contributed by atoms with Crippen LogP contribution in [0.1, 0.15) is 16.9 Å². The summed E-state index contributed by atoms with van der Waals surface area (Å²) < 4.78 is 16.5. The maximum absolute atomic E-state index is 12.3. The van der Waals surface area contributed by atoms with E-state index in [2.05, 4.69) is 10.3 Å². The highest BCUT2D eigenvalue weighted by atomic mass is 16.5. The average Bonchev–Trinajstić information content (AvgIpc) is 3.36. The van der Waals surface area contributed by atoms with Crippen LogP contribution in [-0.4, -0.2) is 18.0 Å². The van der Waals surface area contributed by atoms with Gasteiger partial charge in [-0.25, -0.2) is 4.98 Å². The zero-order chi connectivity index (χ0) is 20.4. The first-order valence-corrected chi connectivity index (χ1v) is 9.12. The molecular formula is C23H20N2O4. The fourth-order valence-corrected chi connectivity index (χ4v) is 2.96. The number of anilines is 1. The van der Waals surface area contributed by atoms with Crippen molar-refractivity contribution in [1.82, 2.24) is 4.98 Å². The SMILES string of the molecule is COc1ccc(-c2nc3cc(C)c(C)cc3o2)cc1NC(=O)/C=C/c1ccco1. The van der Waals surface area contributed by atoms with Crippen molar-refractivity contribution >= 4 is 28.8 Å². The van der Waals surface area contributed by atoms with E-state index in [1.165, 1.54) is 6.08 Å². The van der Waals surface area contributed by atoms with E-state index in [1.807, 2.05) is 32.0 Å². The Kier molecular flexibility index (Phi) is 4.91. The van der Waals surface area contributed by atoms with Crippen LogP contribution < -0.4 is 10.1 Å². The van der Waals surface area contributed by atoms with Crippen molar-refractivity contribution in [3.8, 4) is 17.2 Å². The number of oxazole rings is 1. The van der Waals surface area contributed by atoms with Crippen molar-refractivity contribution in [3.05, 3.63) is 71.7 Å². The van der Waals surface area contributed by atoms with Gasteiger partial charge in [0.15, 0.2) is 5.58 Å². The van der Waals surface area contributed by atoms with Crippen molar-refractivity contribution in [2.24, 2.45) is 0 Å². The van der Waals surface area contributed by atoms with Gasteiger partial charge in [0.2, 0.25) is 11.8 Å². The summed E-state index contributed by atoms with van der Waals surface area (Å²) >= 11 is 0. The van der Waals surface area contributed by atoms with Crippen LogP contribution in [0.2, 0.25) is 0 Å². The number of carbonyl (C=O) groups is 1. The van der Waals surface area contributed by atoms with E-state index in [1.54, 1.807) is 43.7 Å². The van der Waals surface area contributed by atoms with E-state index in [0.717, 1.165) is 27.8 Å². The summed E-state index contributed by atoms with van der Waals surface area (Å²) in [4.78, 5) is 16.9. The van der Waals surface area contributed by atoms with E-state index in [9.17, 15) is 4.79 Å². The number of benzene rings is 2. The number of amides is 1. The number of hydrogen-bond donors (Lipinski definition) is 1. The molecule has 2 aromatic carbocycles. The summed E-state index contributed by atoms with van der Waals surface area (Å²) in [5.41, 5.74) is 5.09. The predicted molar refractivity (Wildman–Crippen MR) is 112 cm³/mol. The Bertz CT molecular complexity index is 1160. The molecule has 0 bridgehead atoms. The molecule has 4 rings (SSSR count). The van der Waals surface area contributed by atoms with E-state index in [-0.39, 0.29) is 5.91 Å². The number of furan rings is 1. The first-order chi connectivity index (χ1) is 14.0. The number of nitrogens with zero attached hydrogens (tertiary/aromatic N) is 1. The molecule has 2 aromatic heterocycles. The van der Waals surface area contributed by atoms with Crippen LogP contribution in [0.4, 0.5) is 5.69 Å². The van der Waals surface area contributed by atoms with Gasteiger partial charge in [0.25, 0.3) is 0 Å². The fraction of sp³-hybridized carbons (Fsp3) is 0.130. The van der Waals surface area contributed by atoms with Gasteiger partial charge in [-0.05, 0) is 73.5 Å². The van der Waals surface area contributed by atoms with Gasteiger partial charge in [0.05, 0.1) is 19.1 Å². The third kappa shape index (κ3) is 3.91. The van der Waals surface area contributed by atoms with Gasteiger partial charge < -0.3 is 18.9 Å². The lowest BCUT2D eigenvalue weighted by molar-refractivity contribution is -0.111. The Hall–Kier alpha value is -3.80. The first-order valence-electron chi connectivity index (χ1n) is 9.12. The molecule has 1 N–H and O–H groups in total. The van der Waals surface area contributed by atoms with Crippen LogP contribution in [0.5, 0.6) is 5.75 Å². The van der Waals surface area contributed by atoms with Gasteiger partial charge >= 0.3 is 0 Å². The normalized spacial score (nSPS) is 11.3. The Morgan fingerprint density at radius 1 is 1.14 bits per heavy atom. The zero-order valence-electron chi connectivity index (χ0n) is 16.4. The van der Waals surface area contributed by atoms with Crippen LogP contribution in [-0.2, 0) is 4.79 Å². The Balaban J connectivity index is 1.63. The second-order valence-corrected chi connectivity index (χ2v) is 6.68. The standard InChI is InChI=1S/C23H20N2O4/c1-14-11-18-21(12-15(14)2)29-23(25-18)16-6-8-20(27-3)19(13-16)24-22(26)9-7-17-5-4-10-28-17/h4-13H,1-3H3,(H,24,26)/b9-7+. The molecule has 6 heteroatoms. The van der Waals surface area contributed by atoms with Crippen molar-refractivity contribution in [2.75, 3.05) is 12.4 Å². The molecular weight excluding hydrogens is 368 g/mol. The largest absolute Gasteiger partial charge is 0.495 e. The summed E-state index contributed by atoms with van der Waals surface area (Å²) in [6.07, 6.45) is 4.54. The quantitative estimate of drug-likeness (QED) is 0.465. The molecule has 29 heavy (non-hydrogen) atoms. The maximum Gasteiger partial charge on any atom is 0.248 e. The fourth-order valence-electron chi connectivity index (χ4n) is 2.96. The number of fused-ring (bicyclic) bond motifs is 1. The Morgan fingerprint density at radius 2 is 1.97 bits per heavy atom. The van der Waals surface area contributed by atoms with E-state index in [4.69, 9.17) is 13.6 Å². The minimum absolute atomic E-state index is 0.305. The Labute approximate surface area is 167 Å². The second kappa shape index (κ2) is 7.67. The summed E-state index contributed by atoms with van der Waals surface area (Å²) in [5.74, 6) is 1.31. The topological polar surface area (TPSA) is 77.5 Å². The first kappa shape index (κ1) is 18.6. The van der Waals surface area contributed by atoms with Gasteiger partial charge in [-0.15, -0.1) is 0 Å². The minimum atomic E-state index is -0.305. The van der Waals surface area contributed by atoms with Gasteiger partial charge in [-0.1, -0.05) is 0 Å².